The molecular formula is C16H31N3O. The van der Waals surface area contributed by atoms with Crippen molar-refractivity contribution in [2.45, 2.75) is 63.1 Å². The van der Waals surface area contributed by atoms with Gasteiger partial charge in [0.2, 0.25) is 0 Å². The molecule has 0 aromatic rings. The Morgan fingerprint density at radius 3 is 2.25 bits per heavy atom. The highest BCUT2D eigenvalue weighted by atomic mass is 16.3. The quantitative estimate of drug-likeness (QED) is 0.763. The predicted octanol–water partition coefficient (Wildman–Crippen LogP) is 1.05. The summed E-state index contributed by atoms with van der Waals surface area (Å²) in [5.41, 5.74) is 0.00824. The SMILES string of the molecule is CCCNC1(CO)CCC(N2CCN(C3CC3)CC2)C1. The normalized spacial score (nSPS) is 36.6. The van der Waals surface area contributed by atoms with Gasteiger partial charge in [0.1, 0.15) is 0 Å². The average Bonchev–Trinajstić information content (AvgIpc) is 3.26. The second-order valence-corrected chi connectivity index (χ2v) is 7.06. The number of hydrogen-bond donors (Lipinski definition) is 2. The molecule has 20 heavy (non-hydrogen) atoms. The van der Waals surface area contributed by atoms with Crippen LogP contribution in [0.15, 0.2) is 0 Å². The van der Waals surface area contributed by atoms with Crippen LogP contribution in [0.1, 0.15) is 45.4 Å². The molecule has 0 aromatic heterocycles. The summed E-state index contributed by atoms with van der Waals surface area (Å²) in [7, 11) is 0. The number of aliphatic hydroxyl groups is 1. The molecule has 2 atom stereocenters. The fourth-order valence-electron chi connectivity index (χ4n) is 4.07. The van der Waals surface area contributed by atoms with Gasteiger partial charge >= 0.3 is 0 Å². The zero-order valence-electron chi connectivity index (χ0n) is 13.0. The highest BCUT2D eigenvalue weighted by molar-refractivity contribution is 5.00. The summed E-state index contributed by atoms with van der Waals surface area (Å²) in [4.78, 5) is 5.37. The molecule has 2 aliphatic carbocycles. The van der Waals surface area contributed by atoms with E-state index in [2.05, 4.69) is 22.0 Å². The minimum absolute atomic E-state index is 0.00824. The molecule has 4 nitrogen and oxygen atoms in total. The van der Waals surface area contributed by atoms with Crippen LogP contribution in [-0.4, -0.2) is 71.9 Å². The highest BCUT2D eigenvalue weighted by Gasteiger charge is 2.41. The topological polar surface area (TPSA) is 38.7 Å². The van der Waals surface area contributed by atoms with E-state index in [1.807, 2.05) is 0 Å². The van der Waals surface area contributed by atoms with E-state index in [1.54, 1.807) is 0 Å². The van der Waals surface area contributed by atoms with Crippen LogP contribution < -0.4 is 5.32 Å². The van der Waals surface area contributed by atoms with Gasteiger partial charge in [-0.3, -0.25) is 9.80 Å². The van der Waals surface area contributed by atoms with E-state index in [4.69, 9.17) is 0 Å². The minimum atomic E-state index is 0.00824. The van der Waals surface area contributed by atoms with E-state index in [1.165, 1.54) is 45.4 Å². The summed E-state index contributed by atoms with van der Waals surface area (Å²) in [6.07, 6.45) is 7.52. The van der Waals surface area contributed by atoms with Crippen molar-refractivity contribution in [3.05, 3.63) is 0 Å². The number of hydrogen-bond acceptors (Lipinski definition) is 4. The van der Waals surface area contributed by atoms with Gasteiger partial charge in [-0.1, -0.05) is 6.92 Å². The van der Waals surface area contributed by atoms with E-state index in [-0.39, 0.29) is 5.54 Å². The molecule has 0 bridgehead atoms. The molecule has 3 aliphatic rings. The Morgan fingerprint density at radius 2 is 1.70 bits per heavy atom. The predicted molar refractivity (Wildman–Crippen MR) is 81.9 cm³/mol. The second kappa shape index (κ2) is 6.30. The smallest absolute Gasteiger partial charge is 0.0613 e. The van der Waals surface area contributed by atoms with Gasteiger partial charge in [-0.25, -0.2) is 0 Å². The molecule has 3 rings (SSSR count). The van der Waals surface area contributed by atoms with Crippen molar-refractivity contribution in [3.8, 4) is 0 Å². The van der Waals surface area contributed by atoms with Crippen LogP contribution in [0.2, 0.25) is 0 Å². The highest BCUT2D eigenvalue weighted by Crippen LogP contribution is 2.34. The first-order chi connectivity index (χ1) is 9.76. The van der Waals surface area contributed by atoms with E-state index < -0.39 is 0 Å². The summed E-state index contributed by atoms with van der Waals surface area (Å²) in [5, 5.41) is 13.4. The van der Waals surface area contributed by atoms with Crippen molar-refractivity contribution in [3.63, 3.8) is 0 Å². The van der Waals surface area contributed by atoms with Crippen molar-refractivity contribution in [2.24, 2.45) is 0 Å². The number of nitrogens with one attached hydrogen (secondary N) is 1. The lowest BCUT2D eigenvalue weighted by Crippen LogP contribution is -2.52. The maximum Gasteiger partial charge on any atom is 0.0613 e. The van der Waals surface area contributed by atoms with E-state index in [9.17, 15) is 5.11 Å². The molecule has 2 saturated carbocycles. The molecule has 0 aromatic carbocycles. The molecule has 0 amide bonds. The largest absolute Gasteiger partial charge is 0.394 e. The van der Waals surface area contributed by atoms with Gasteiger partial charge in [0.05, 0.1) is 6.61 Å². The Morgan fingerprint density at radius 1 is 1.05 bits per heavy atom. The Labute approximate surface area is 123 Å². The lowest BCUT2D eigenvalue weighted by Gasteiger charge is -2.39. The number of aliphatic hydroxyl groups excluding tert-OH is 1. The van der Waals surface area contributed by atoms with Crippen LogP contribution in [0.5, 0.6) is 0 Å². The average molecular weight is 281 g/mol. The third kappa shape index (κ3) is 3.19. The van der Waals surface area contributed by atoms with Gasteiger partial charge in [0.15, 0.2) is 0 Å². The van der Waals surface area contributed by atoms with Gasteiger partial charge in [-0.2, -0.15) is 0 Å². The first-order valence-electron chi connectivity index (χ1n) is 8.60. The molecular weight excluding hydrogens is 250 g/mol. The monoisotopic (exact) mass is 281 g/mol. The maximum atomic E-state index is 9.79. The van der Waals surface area contributed by atoms with Crippen LogP contribution in [-0.2, 0) is 0 Å². The fourth-order valence-corrected chi connectivity index (χ4v) is 4.07. The number of rotatable bonds is 6. The van der Waals surface area contributed by atoms with Crippen LogP contribution in [0.25, 0.3) is 0 Å². The molecule has 0 radical (unpaired) electrons. The van der Waals surface area contributed by atoms with Gasteiger partial charge in [0, 0.05) is 43.8 Å². The van der Waals surface area contributed by atoms with Crippen molar-refractivity contribution in [1.29, 1.82) is 0 Å². The van der Waals surface area contributed by atoms with E-state index >= 15 is 0 Å². The molecule has 1 aliphatic heterocycles. The van der Waals surface area contributed by atoms with Crippen LogP contribution in [0, 0.1) is 0 Å². The summed E-state index contributed by atoms with van der Waals surface area (Å²) in [6, 6.07) is 1.61. The third-order valence-corrected chi connectivity index (χ3v) is 5.56. The van der Waals surface area contributed by atoms with Crippen LogP contribution in [0.4, 0.5) is 0 Å². The molecule has 4 heteroatoms. The Balaban J connectivity index is 1.49. The van der Waals surface area contributed by atoms with Gasteiger partial charge in [0.25, 0.3) is 0 Å². The number of nitrogens with zero attached hydrogens (tertiary/aromatic N) is 2. The van der Waals surface area contributed by atoms with Gasteiger partial charge < -0.3 is 10.4 Å². The Hall–Kier alpha value is -0.160. The van der Waals surface area contributed by atoms with Crippen molar-refractivity contribution < 1.29 is 5.11 Å². The first-order valence-corrected chi connectivity index (χ1v) is 8.60. The molecule has 2 N–H and O–H groups in total. The standard InChI is InChI=1S/C16H31N3O/c1-2-7-17-16(13-20)6-5-15(12-16)19-10-8-18(9-11-19)14-3-4-14/h14-15,17,20H,2-13H2,1H3. The minimum Gasteiger partial charge on any atom is -0.394 e. The van der Waals surface area contributed by atoms with Gasteiger partial charge in [-0.15, -0.1) is 0 Å². The third-order valence-electron chi connectivity index (χ3n) is 5.56. The number of piperazine rings is 1. The fraction of sp³-hybridized carbons (Fsp3) is 1.00. The van der Waals surface area contributed by atoms with Crippen molar-refractivity contribution in [1.82, 2.24) is 15.1 Å². The summed E-state index contributed by atoms with van der Waals surface area (Å²) in [6.45, 7) is 8.51. The summed E-state index contributed by atoms with van der Waals surface area (Å²) in [5.74, 6) is 0. The first kappa shape index (κ1) is 14.8. The molecule has 1 heterocycles. The second-order valence-electron chi connectivity index (χ2n) is 7.06. The lowest BCUT2D eigenvalue weighted by molar-refractivity contribution is 0.0844. The molecule has 0 spiro atoms. The molecule has 3 fully saturated rings. The molecule has 116 valence electrons. The van der Waals surface area contributed by atoms with Gasteiger partial charge in [-0.05, 0) is 45.1 Å². The van der Waals surface area contributed by atoms with Crippen molar-refractivity contribution in [2.75, 3.05) is 39.3 Å². The zero-order valence-corrected chi connectivity index (χ0v) is 13.0. The van der Waals surface area contributed by atoms with E-state index in [0.29, 0.717) is 12.6 Å². The summed E-state index contributed by atoms with van der Waals surface area (Å²) < 4.78 is 0. The lowest BCUT2D eigenvalue weighted by atomic mass is 9.98. The molecule has 1 saturated heterocycles. The maximum absolute atomic E-state index is 9.79. The van der Waals surface area contributed by atoms with Crippen molar-refractivity contribution >= 4 is 0 Å². The Bertz CT molecular complexity index is 313. The summed E-state index contributed by atoms with van der Waals surface area (Å²) >= 11 is 0. The Kier molecular flexibility index (Phi) is 4.65. The van der Waals surface area contributed by atoms with Crippen LogP contribution >= 0.6 is 0 Å². The molecule has 2 unspecified atom stereocenters. The van der Waals surface area contributed by atoms with E-state index in [0.717, 1.165) is 31.8 Å². The van der Waals surface area contributed by atoms with Crippen LogP contribution in [0.3, 0.4) is 0 Å². The zero-order chi connectivity index (χ0) is 14.0.